The number of rotatable bonds is 7. The standard InChI is InChI=1S/C15H20FN3OS/c1-11-8-15(19(2)18-11)21-14-5-4-13(16)9-12(14)10-17-6-7-20-3/h4-5,8-9,17H,6-7,10H2,1-3H3. The lowest BCUT2D eigenvalue weighted by atomic mass is 10.2. The van der Waals surface area contributed by atoms with Crippen molar-refractivity contribution >= 4 is 11.8 Å². The second-order valence-corrected chi connectivity index (χ2v) is 5.83. The van der Waals surface area contributed by atoms with E-state index < -0.39 is 0 Å². The molecular weight excluding hydrogens is 289 g/mol. The molecule has 2 rings (SSSR count). The second-order valence-electron chi connectivity index (χ2n) is 4.77. The van der Waals surface area contributed by atoms with Crippen molar-refractivity contribution in [1.82, 2.24) is 15.1 Å². The zero-order valence-electron chi connectivity index (χ0n) is 12.5. The van der Waals surface area contributed by atoms with Crippen LogP contribution in [-0.4, -0.2) is 30.0 Å². The van der Waals surface area contributed by atoms with Crippen molar-refractivity contribution in [2.75, 3.05) is 20.3 Å². The predicted octanol–water partition coefficient (Wildman–Crippen LogP) is 2.75. The Labute approximate surface area is 128 Å². The molecule has 114 valence electrons. The molecule has 0 atom stereocenters. The lowest BCUT2D eigenvalue weighted by Crippen LogP contribution is -2.19. The van der Waals surface area contributed by atoms with Gasteiger partial charge in [-0.1, -0.05) is 11.8 Å². The number of aromatic nitrogens is 2. The minimum atomic E-state index is -0.218. The summed E-state index contributed by atoms with van der Waals surface area (Å²) < 4.78 is 20.3. The third-order valence-electron chi connectivity index (χ3n) is 2.99. The van der Waals surface area contributed by atoms with Gasteiger partial charge in [-0.2, -0.15) is 5.10 Å². The topological polar surface area (TPSA) is 39.1 Å². The Morgan fingerprint density at radius 3 is 2.86 bits per heavy atom. The van der Waals surface area contributed by atoms with E-state index in [1.165, 1.54) is 6.07 Å². The van der Waals surface area contributed by atoms with Gasteiger partial charge in [0.2, 0.25) is 0 Å². The van der Waals surface area contributed by atoms with E-state index in [0.717, 1.165) is 27.7 Å². The molecule has 1 aromatic heterocycles. The SMILES string of the molecule is COCCNCc1cc(F)ccc1Sc1cc(C)nn1C. The first-order valence-electron chi connectivity index (χ1n) is 6.76. The molecule has 4 nitrogen and oxygen atoms in total. The van der Waals surface area contributed by atoms with Crippen molar-refractivity contribution in [3.63, 3.8) is 0 Å². The van der Waals surface area contributed by atoms with Gasteiger partial charge in [0.1, 0.15) is 5.82 Å². The Morgan fingerprint density at radius 1 is 1.38 bits per heavy atom. The van der Waals surface area contributed by atoms with Gasteiger partial charge >= 0.3 is 0 Å². The molecule has 0 aliphatic rings. The van der Waals surface area contributed by atoms with Crippen LogP contribution < -0.4 is 5.32 Å². The number of benzene rings is 1. The van der Waals surface area contributed by atoms with E-state index in [1.54, 1.807) is 24.9 Å². The summed E-state index contributed by atoms with van der Waals surface area (Å²) in [6.45, 7) is 3.95. The average molecular weight is 309 g/mol. The molecule has 6 heteroatoms. The van der Waals surface area contributed by atoms with Gasteiger partial charge in [0.05, 0.1) is 17.3 Å². The number of nitrogens with one attached hydrogen (secondary N) is 1. The smallest absolute Gasteiger partial charge is 0.123 e. The molecule has 0 saturated heterocycles. The molecule has 21 heavy (non-hydrogen) atoms. The molecule has 0 bridgehead atoms. The third kappa shape index (κ3) is 4.56. The molecule has 0 saturated carbocycles. The van der Waals surface area contributed by atoms with E-state index in [-0.39, 0.29) is 5.82 Å². The molecule has 0 radical (unpaired) electrons. The van der Waals surface area contributed by atoms with Crippen molar-refractivity contribution < 1.29 is 9.13 Å². The Morgan fingerprint density at radius 2 is 2.19 bits per heavy atom. The minimum Gasteiger partial charge on any atom is -0.383 e. The molecule has 1 N–H and O–H groups in total. The van der Waals surface area contributed by atoms with Crippen molar-refractivity contribution in [3.05, 3.63) is 41.3 Å². The van der Waals surface area contributed by atoms with Crippen molar-refractivity contribution in [2.45, 2.75) is 23.4 Å². The number of hydrogen-bond donors (Lipinski definition) is 1. The maximum Gasteiger partial charge on any atom is 0.123 e. The molecule has 0 aliphatic heterocycles. The Bertz CT molecular complexity index is 601. The van der Waals surface area contributed by atoms with Gasteiger partial charge in [-0.25, -0.2) is 4.39 Å². The number of aryl methyl sites for hydroxylation is 2. The average Bonchev–Trinajstić information content (AvgIpc) is 2.76. The number of nitrogens with zero attached hydrogens (tertiary/aromatic N) is 2. The van der Waals surface area contributed by atoms with Crippen molar-refractivity contribution in [1.29, 1.82) is 0 Å². The van der Waals surface area contributed by atoms with Crippen molar-refractivity contribution in [2.24, 2.45) is 7.05 Å². The summed E-state index contributed by atoms with van der Waals surface area (Å²) in [7, 11) is 3.57. The van der Waals surface area contributed by atoms with Crippen LogP contribution in [0.15, 0.2) is 34.2 Å². The molecular formula is C15H20FN3OS. The van der Waals surface area contributed by atoms with E-state index in [1.807, 2.05) is 30.8 Å². The van der Waals surface area contributed by atoms with Crippen LogP contribution in [0.4, 0.5) is 4.39 Å². The maximum atomic E-state index is 13.5. The van der Waals surface area contributed by atoms with E-state index in [4.69, 9.17) is 4.74 Å². The van der Waals surface area contributed by atoms with E-state index >= 15 is 0 Å². The summed E-state index contributed by atoms with van der Waals surface area (Å²) in [6.07, 6.45) is 0. The zero-order valence-corrected chi connectivity index (χ0v) is 13.3. The summed E-state index contributed by atoms with van der Waals surface area (Å²) in [6, 6.07) is 6.90. The minimum absolute atomic E-state index is 0.218. The summed E-state index contributed by atoms with van der Waals surface area (Å²) in [4.78, 5) is 1.03. The van der Waals surface area contributed by atoms with Crippen LogP contribution in [0.2, 0.25) is 0 Å². The summed E-state index contributed by atoms with van der Waals surface area (Å²) in [5.41, 5.74) is 1.91. The summed E-state index contributed by atoms with van der Waals surface area (Å²) in [5, 5.41) is 8.62. The monoisotopic (exact) mass is 309 g/mol. The van der Waals surface area contributed by atoms with Crippen LogP contribution in [0.3, 0.4) is 0 Å². The second kappa shape index (κ2) is 7.59. The normalized spacial score (nSPS) is 11.0. The first-order chi connectivity index (χ1) is 10.1. The maximum absolute atomic E-state index is 13.5. The Kier molecular flexibility index (Phi) is 5.78. The highest BCUT2D eigenvalue weighted by molar-refractivity contribution is 7.99. The van der Waals surface area contributed by atoms with Gasteiger partial charge in [0.15, 0.2) is 0 Å². The van der Waals surface area contributed by atoms with Crippen molar-refractivity contribution in [3.8, 4) is 0 Å². The van der Waals surface area contributed by atoms with Gasteiger partial charge in [-0.05, 0) is 36.8 Å². The third-order valence-corrected chi connectivity index (χ3v) is 4.20. The van der Waals surface area contributed by atoms with Gasteiger partial charge in [-0.3, -0.25) is 4.68 Å². The zero-order chi connectivity index (χ0) is 15.2. The molecule has 0 spiro atoms. The highest BCUT2D eigenvalue weighted by Gasteiger charge is 2.09. The number of hydrogen-bond acceptors (Lipinski definition) is 4. The van der Waals surface area contributed by atoms with Crippen LogP contribution in [-0.2, 0) is 18.3 Å². The Hall–Kier alpha value is -1.37. The quantitative estimate of drug-likeness (QED) is 0.798. The van der Waals surface area contributed by atoms with Crippen LogP contribution in [0.1, 0.15) is 11.3 Å². The molecule has 1 heterocycles. The van der Waals surface area contributed by atoms with E-state index in [2.05, 4.69) is 10.4 Å². The van der Waals surface area contributed by atoms with E-state index in [0.29, 0.717) is 13.2 Å². The fourth-order valence-corrected chi connectivity index (χ4v) is 3.00. The van der Waals surface area contributed by atoms with Gasteiger partial charge in [0.25, 0.3) is 0 Å². The molecule has 0 fully saturated rings. The largest absolute Gasteiger partial charge is 0.383 e. The fraction of sp³-hybridized carbons (Fsp3) is 0.400. The van der Waals surface area contributed by atoms with Gasteiger partial charge in [-0.15, -0.1) is 0 Å². The first-order valence-corrected chi connectivity index (χ1v) is 7.58. The molecule has 0 amide bonds. The predicted molar refractivity (Wildman–Crippen MR) is 82.1 cm³/mol. The van der Waals surface area contributed by atoms with Gasteiger partial charge < -0.3 is 10.1 Å². The first kappa shape index (κ1) is 16.0. The number of halogens is 1. The fourth-order valence-electron chi connectivity index (χ4n) is 1.98. The number of methoxy groups -OCH3 is 1. The van der Waals surface area contributed by atoms with Crippen LogP contribution >= 0.6 is 11.8 Å². The summed E-state index contributed by atoms with van der Waals surface area (Å²) >= 11 is 1.60. The number of ether oxygens (including phenoxy) is 1. The summed E-state index contributed by atoms with van der Waals surface area (Å²) in [5.74, 6) is -0.218. The molecule has 2 aromatic rings. The lowest BCUT2D eigenvalue weighted by Gasteiger charge is -2.10. The van der Waals surface area contributed by atoms with Gasteiger partial charge in [0, 0.05) is 32.1 Å². The highest BCUT2D eigenvalue weighted by atomic mass is 32.2. The van der Waals surface area contributed by atoms with E-state index in [9.17, 15) is 4.39 Å². The van der Waals surface area contributed by atoms with Crippen LogP contribution in [0.25, 0.3) is 0 Å². The molecule has 0 aliphatic carbocycles. The van der Waals surface area contributed by atoms with Crippen LogP contribution in [0, 0.1) is 12.7 Å². The molecule has 1 aromatic carbocycles. The lowest BCUT2D eigenvalue weighted by molar-refractivity contribution is 0.199. The van der Waals surface area contributed by atoms with Crippen LogP contribution in [0.5, 0.6) is 0 Å². The Balaban J connectivity index is 2.12. The highest BCUT2D eigenvalue weighted by Crippen LogP contribution is 2.31. The molecule has 0 unspecified atom stereocenters.